The minimum atomic E-state index is -0.514. The molecule has 272 valence electrons. The van der Waals surface area contributed by atoms with E-state index in [9.17, 15) is 19.2 Å². The third-order valence-electron chi connectivity index (χ3n) is 9.30. The molecule has 5 atom stereocenters. The number of rotatable bonds is 17. The number of urea groups is 1. The first kappa shape index (κ1) is 36.1. The standard InChI is InChI=1S/C35H44N8O7S/c1-48-24-11-12-27(49-2)26(17-24)43-18-22(16-32(43)45)34(46)37-23-9-7-21(8-10-23)15-29-39-30(42-41-29)19-50-14-13-36-31(44)6-4-3-5-28-33-25(20-51-28)38-35(47)40-33/h7-12,17,22,25,28-29,33H,3-6,13-16,18-20H2,1-2H3,(H,36,44)(H,37,46)(H2,38,40,47)/t22?,25-,28-,29?,33-/m0/s1. The van der Waals surface area contributed by atoms with E-state index in [1.54, 1.807) is 30.2 Å². The molecular formula is C35H44N8O7S. The number of nitrogens with zero attached hydrogens (tertiary/aromatic N) is 4. The maximum Gasteiger partial charge on any atom is 0.315 e. The molecule has 0 spiro atoms. The van der Waals surface area contributed by atoms with Gasteiger partial charge >= 0.3 is 6.03 Å². The van der Waals surface area contributed by atoms with Crippen LogP contribution in [0.1, 0.15) is 37.7 Å². The van der Waals surface area contributed by atoms with Gasteiger partial charge in [-0.15, -0.1) is 5.11 Å². The first-order valence-electron chi connectivity index (χ1n) is 17.2. The number of aliphatic imine (C=N–C) groups is 1. The molecule has 4 N–H and O–H groups in total. The number of anilines is 2. The molecule has 0 radical (unpaired) electrons. The number of benzene rings is 2. The summed E-state index contributed by atoms with van der Waals surface area (Å²) in [6, 6.07) is 13.0. The van der Waals surface area contributed by atoms with Crippen LogP contribution < -0.4 is 35.6 Å². The van der Waals surface area contributed by atoms with Crippen LogP contribution in [0.3, 0.4) is 0 Å². The lowest BCUT2D eigenvalue weighted by molar-refractivity contribution is -0.122. The zero-order valence-corrected chi connectivity index (χ0v) is 29.6. The van der Waals surface area contributed by atoms with Crippen LogP contribution in [0.15, 0.2) is 57.7 Å². The van der Waals surface area contributed by atoms with Crippen molar-refractivity contribution in [3.05, 3.63) is 48.0 Å². The molecule has 5 amide bonds. The molecule has 4 aliphatic rings. The molecule has 4 aliphatic heterocycles. The SMILES string of the molecule is COc1ccc(OC)c(N2CC(C(=O)Nc3ccc(CC4N=NC(COCCNC(=O)CCCC[C@@H]5SC[C@@H]6NC(=O)N[C@@H]65)=N4)cc3)CC2=O)c1. The van der Waals surface area contributed by atoms with Gasteiger partial charge in [0.15, 0.2) is 12.0 Å². The fourth-order valence-electron chi connectivity index (χ4n) is 6.60. The van der Waals surface area contributed by atoms with Crippen LogP contribution in [0.5, 0.6) is 11.5 Å². The average Bonchev–Trinajstić information content (AvgIpc) is 3.92. The second-order valence-electron chi connectivity index (χ2n) is 12.8. The van der Waals surface area contributed by atoms with Crippen molar-refractivity contribution in [1.29, 1.82) is 0 Å². The first-order chi connectivity index (χ1) is 24.8. The third kappa shape index (κ3) is 9.35. The maximum absolute atomic E-state index is 13.1. The van der Waals surface area contributed by atoms with Gasteiger partial charge in [-0.3, -0.25) is 14.4 Å². The molecular weight excluding hydrogens is 677 g/mol. The highest BCUT2D eigenvalue weighted by Crippen LogP contribution is 2.36. The molecule has 6 rings (SSSR count). The van der Waals surface area contributed by atoms with Gasteiger partial charge in [0.2, 0.25) is 17.7 Å². The van der Waals surface area contributed by atoms with Crippen molar-refractivity contribution in [3.63, 3.8) is 0 Å². The Kier molecular flexibility index (Phi) is 12.0. The van der Waals surface area contributed by atoms with Crippen molar-refractivity contribution in [1.82, 2.24) is 16.0 Å². The van der Waals surface area contributed by atoms with Crippen molar-refractivity contribution in [2.75, 3.05) is 56.5 Å². The van der Waals surface area contributed by atoms with Gasteiger partial charge in [-0.2, -0.15) is 16.9 Å². The summed E-state index contributed by atoms with van der Waals surface area (Å²) >= 11 is 1.89. The molecule has 0 aromatic heterocycles. The summed E-state index contributed by atoms with van der Waals surface area (Å²) in [6.45, 7) is 1.19. The molecule has 51 heavy (non-hydrogen) atoms. The molecule has 16 heteroatoms. The van der Waals surface area contributed by atoms with Crippen LogP contribution in [0.4, 0.5) is 16.2 Å². The Bertz CT molecular complexity index is 1650. The van der Waals surface area contributed by atoms with Crippen LogP contribution in [0, 0.1) is 5.92 Å². The van der Waals surface area contributed by atoms with E-state index in [-0.39, 0.29) is 61.6 Å². The average molecular weight is 721 g/mol. The molecule has 2 unspecified atom stereocenters. The number of methoxy groups -OCH3 is 2. The van der Waals surface area contributed by atoms with Crippen molar-refractivity contribution in [2.45, 2.75) is 62.0 Å². The second-order valence-corrected chi connectivity index (χ2v) is 14.1. The van der Waals surface area contributed by atoms with E-state index in [4.69, 9.17) is 14.2 Å². The van der Waals surface area contributed by atoms with Gasteiger partial charge in [-0.1, -0.05) is 18.6 Å². The highest BCUT2D eigenvalue weighted by Gasteiger charge is 2.42. The fraction of sp³-hybridized carbons (Fsp3) is 0.514. The van der Waals surface area contributed by atoms with E-state index in [1.165, 1.54) is 7.11 Å². The van der Waals surface area contributed by atoms with E-state index in [0.29, 0.717) is 60.0 Å². The predicted octanol–water partition coefficient (Wildman–Crippen LogP) is 3.29. The molecule has 15 nitrogen and oxygen atoms in total. The number of carbonyl (C=O) groups excluding carboxylic acids is 4. The molecule has 2 aromatic rings. The lowest BCUT2D eigenvalue weighted by Gasteiger charge is -2.20. The van der Waals surface area contributed by atoms with Crippen molar-refractivity contribution in [3.8, 4) is 11.5 Å². The Morgan fingerprint density at radius 1 is 1.06 bits per heavy atom. The van der Waals surface area contributed by atoms with Crippen molar-refractivity contribution >= 4 is 52.7 Å². The molecule has 2 aromatic carbocycles. The lowest BCUT2D eigenvalue weighted by Crippen LogP contribution is -2.36. The summed E-state index contributed by atoms with van der Waals surface area (Å²) in [5, 5.41) is 20.6. The van der Waals surface area contributed by atoms with Gasteiger partial charge in [0, 0.05) is 55.1 Å². The second kappa shape index (κ2) is 17.0. The number of unbranched alkanes of at least 4 members (excludes halogenated alkanes) is 1. The molecule has 3 fully saturated rings. The van der Waals surface area contributed by atoms with E-state index < -0.39 is 5.92 Å². The van der Waals surface area contributed by atoms with Gasteiger partial charge in [-0.05, 0) is 42.7 Å². The van der Waals surface area contributed by atoms with E-state index in [1.807, 2.05) is 36.0 Å². The van der Waals surface area contributed by atoms with Crippen molar-refractivity contribution < 1.29 is 33.4 Å². The van der Waals surface area contributed by atoms with Gasteiger partial charge in [0.05, 0.1) is 44.5 Å². The maximum atomic E-state index is 13.1. The molecule has 3 saturated heterocycles. The van der Waals surface area contributed by atoms with E-state index in [0.717, 1.165) is 30.6 Å². The van der Waals surface area contributed by atoms with Gasteiger partial charge in [-0.25, -0.2) is 9.79 Å². The number of ether oxygens (including phenoxy) is 3. The number of hydrogen-bond donors (Lipinski definition) is 4. The number of carbonyl (C=O) groups is 4. The first-order valence-corrected chi connectivity index (χ1v) is 18.3. The Morgan fingerprint density at radius 3 is 2.71 bits per heavy atom. The lowest BCUT2D eigenvalue weighted by atomic mass is 10.0. The zero-order chi connectivity index (χ0) is 35.7. The molecule has 0 aliphatic carbocycles. The normalized spacial score (nSPS) is 23.5. The fourth-order valence-corrected chi connectivity index (χ4v) is 8.14. The highest BCUT2D eigenvalue weighted by atomic mass is 32.2. The topological polar surface area (TPSA) is 184 Å². The van der Waals surface area contributed by atoms with Crippen LogP contribution in [-0.4, -0.2) is 99.4 Å². The monoisotopic (exact) mass is 720 g/mol. The van der Waals surface area contributed by atoms with Gasteiger partial charge in [0.25, 0.3) is 0 Å². The van der Waals surface area contributed by atoms with Gasteiger partial charge < -0.3 is 40.4 Å². The highest BCUT2D eigenvalue weighted by molar-refractivity contribution is 8.00. The summed E-state index contributed by atoms with van der Waals surface area (Å²) in [4.78, 5) is 55.7. The summed E-state index contributed by atoms with van der Waals surface area (Å²) < 4.78 is 16.4. The number of thioether (sulfide) groups is 1. The minimum absolute atomic E-state index is 0.000641. The number of hydrogen-bond acceptors (Lipinski definition) is 11. The van der Waals surface area contributed by atoms with Gasteiger partial charge in [0.1, 0.15) is 18.1 Å². The quantitative estimate of drug-likeness (QED) is 0.142. The summed E-state index contributed by atoms with van der Waals surface area (Å²) in [6.07, 6.45) is 3.48. The number of amidine groups is 1. The van der Waals surface area contributed by atoms with E-state index in [2.05, 4.69) is 36.5 Å². The largest absolute Gasteiger partial charge is 0.497 e. The number of amides is 5. The Balaban J connectivity index is 0.848. The van der Waals surface area contributed by atoms with Crippen molar-refractivity contribution in [2.24, 2.45) is 21.1 Å². The smallest absolute Gasteiger partial charge is 0.315 e. The minimum Gasteiger partial charge on any atom is -0.497 e. The molecule has 0 saturated carbocycles. The Labute approximate surface area is 300 Å². The van der Waals surface area contributed by atoms with Crippen LogP contribution >= 0.6 is 11.8 Å². The third-order valence-corrected chi connectivity index (χ3v) is 10.8. The molecule has 0 bridgehead atoms. The number of azo groups is 1. The van der Waals surface area contributed by atoms with Crippen LogP contribution in [0.2, 0.25) is 0 Å². The zero-order valence-electron chi connectivity index (χ0n) is 28.8. The molecule has 4 heterocycles. The van der Waals surface area contributed by atoms with E-state index >= 15 is 0 Å². The number of nitrogens with one attached hydrogen (secondary N) is 4. The van der Waals surface area contributed by atoms with Crippen LogP contribution in [-0.2, 0) is 25.5 Å². The number of fused-ring (bicyclic) bond motifs is 1. The summed E-state index contributed by atoms with van der Waals surface area (Å²) in [7, 11) is 3.09. The predicted molar refractivity (Wildman–Crippen MR) is 193 cm³/mol. The van der Waals surface area contributed by atoms with Crippen LogP contribution in [0.25, 0.3) is 0 Å². The Morgan fingerprint density at radius 2 is 1.90 bits per heavy atom. The summed E-state index contributed by atoms with van der Waals surface area (Å²) in [5.74, 6) is 1.67. The summed E-state index contributed by atoms with van der Waals surface area (Å²) in [5.41, 5.74) is 2.18. The Hall–Kier alpha value is -4.70.